The molecule has 96 valence electrons. The first kappa shape index (κ1) is 12.2. The summed E-state index contributed by atoms with van der Waals surface area (Å²) in [5, 5.41) is 0.747. The van der Waals surface area contributed by atoms with E-state index >= 15 is 0 Å². The summed E-state index contributed by atoms with van der Waals surface area (Å²) in [6, 6.07) is 12.1. The maximum absolute atomic E-state index is 5.94. The maximum Gasteiger partial charge on any atom is 0.138 e. The first-order chi connectivity index (χ1) is 9.06. The minimum atomic E-state index is 0.747. The van der Waals surface area contributed by atoms with Crippen LogP contribution in [0.5, 0.6) is 0 Å². The largest absolute Gasteiger partial charge is 0.301 e. The molecule has 3 aromatic rings. The van der Waals surface area contributed by atoms with Gasteiger partial charge in [-0.2, -0.15) is 0 Å². The fourth-order valence-electron chi connectivity index (χ4n) is 2.59. The average Bonchev–Trinajstić information content (AvgIpc) is 2.67. The highest BCUT2D eigenvalue weighted by molar-refractivity contribution is 6.30. The zero-order chi connectivity index (χ0) is 13.6. The van der Waals surface area contributed by atoms with Crippen LogP contribution in [0.15, 0.2) is 36.4 Å². The summed E-state index contributed by atoms with van der Waals surface area (Å²) in [5.74, 6) is 0. The molecule has 0 radical (unpaired) electrons. The van der Waals surface area contributed by atoms with E-state index in [1.54, 1.807) is 0 Å². The van der Waals surface area contributed by atoms with Crippen LogP contribution in [0.1, 0.15) is 17.0 Å². The van der Waals surface area contributed by atoms with Gasteiger partial charge in [0.1, 0.15) is 5.65 Å². The number of aromatic nitrogens is 2. The minimum Gasteiger partial charge on any atom is -0.301 e. The lowest BCUT2D eigenvalue weighted by Crippen LogP contribution is -1.94. The lowest BCUT2D eigenvalue weighted by atomic mass is 10.1. The smallest absolute Gasteiger partial charge is 0.138 e. The number of hydrogen-bond acceptors (Lipinski definition) is 1. The first-order valence-electron chi connectivity index (χ1n) is 6.28. The van der Waals surface area contributed by atoms with Crippen LogP contribution in [-0.4, -0.2) is 9.38 Å². The molecule has 19 heavy (non-hydrogen) atoms. The lowest BCUT2D eigenvalue weighted by molar-refractivity contribution is 1.03. The Morgan fingerprint density at radius 3 is 2.37 bits per heavy atom. The van der Waals surface area contributed by atoms with Crippen molar-refractivity contribution in [1.29, 1.82) is 0 Å². The molecule has 2 nitrogen and oxygen atoms in total. The van der Waals surface area contributed by atoms with Crippen molar-refractivity contribution in [3.8, 4) is 11.3 Å². The summed E-state index contributed by atoms with van der Waals surface area (Å²) in [6.45, 7) is 6.31. The molecule has 3 heteroatoms. The minimum absolute atomic E-state index is 0.747. The fraction of sp³-hybridized carbons (Fsp3) is 0.188. The number of pyridine rings is 1. The van der Waals surface area contributed by atoms with Gasteiger partial charge < -0.3 is 4.40 Å². The molecule has 0 amide bonds. The molecule has 2 aromatic heterocycles. The van der Waals surface area contributed by atoms with Crippen molar-refractivity contribution in [2.45, 2.75) is 20.8 Å². The van der Waals surface area contributed by atoms with Gasteiger partial charge in [-0.05, 0) is 50.6 Å². The van der Waals surface area contributed by atoms with Crippen molar-refractivity contribution < 1.29 is 0 Å². The Balaban J connectivity index is 2.28. The molecular formula is C16H15ClN2. The highest BCUT2D eigenvalue weighted by atomic mass is 35.5. The Morgan fingerprint density at radius 2 is 1.68 bits per heavy atom. The van der Waals surface area contributed by atoms with Gasteiger partial charge in [0, 0.05) is 22.0 Å². The highest BCUT2D eigenvalue weighted by Crippen LogP contribution is 2.26. The number of imidazole rings is 1. The van der Waals surface area contributed by atoms with Gasteiger partial charge >= 0.3 is 0 Å². The number of fused-ring (bicyclic) bond motifs is 1. The van der Waals surface area contributed by atoms with E-state index < -0.39 is 0 Å². The quantitative estimate of drug-likeness (QED) is 0.633. The average molecular weight is 271 g/mol. The van der Waals surface area contributed by atoms with Crippen LogP contribution in [0.3, 0.4) is 0 Å². The highest BCUT2D eigenvalue weighted by Gasteiger charge is 2.12. The Hall–Kier alpha value is -1.80. The zero-order valence-corrected chi connectivity index (χ0v) is 12.0. The van der Waals surface area contributed by atoms with Crippen LogP contribution >= 0.6 is 11.6 Å². The van der Waals surface area contributed by atoms with Crippen molar-refractivity contribution in [1.82, 2.24) is 9.38 Å². The van der Waals surface area contributed by atoms with E-state index in [1.165, 1.54) is 11.3 Å². The van der Waals surface area contributed by atoms with Gasteiger partial charge in [-0.15, -0.1) is 0 Å². The van der Waals surface area contributed by atoms with Gasteiger partial charge in [0.2, 0.25) is 0 Å². The molecule has 0 bridgehead atoms. The molecule has 0 saturated carbocycles. The van der Waals surface area contributed by atoms with Crippen molar-refractivity contribution in [3.63, 3.8) is 0 Å². The van der Waals surface area contributed by atoms with Gasteiger partial charge in [-0.25, -0.2) is 4.98 Å². The van der Waals surface area contributed by atoms with Gasteiger partial charge in [0.25, 0.3) is 0 Å². The third kappa shape index (κ3) is 2.02. The second-order valence-corrected chi connectivity index (χ2v) is 5.36. The van der Waals surface area contributed by atoms with Crippen LogP contribution in [0.2, 0.25) is 5.02 Å². The van der Waals surface area contributed by atoms with Crippen molar-refractivity contribution in [2.75, 3.05) is 0 Å². The van der Waals surface area contributed by atoms with Gasteiger partial charge in [-0.3, -0.25) is 0 Å². The number of hydrogen-bond donors (Lipinski definition) is 0. The molecule has 0 unspecified atom stereocenters. The number of rotatable bonds is 1. The number of nitrogens with zero attached hydrogens (tertiary/aromatic N) is 2. The fourth-order valence-corrected chi connectivity index (χ4v) is 2.71. The van der Waals surface area contributed by atoms with Gasteiger partial charge in [-0.1, -0.05) is 23.7 Å². The second kappa shape index (κ2) is 4.39. The monoisotopic (exact) mass is 270 g/mol. The van der Waals surface area contributed by atoms with Gasteiger partial charge in [0.15, 0.2) is 0 Å². The standard InChI is InChI=1S/C16H15ClN2/c1-10-8-11(2)19-12(3)16(18-15(19)9-10)13-4-6-14(17)7-5-13/h4-9H,1-3H3. The maximum atomic E-state index is 5.94. The van der Waals surface area contributed by atoms with E-state index in [-0.39, 0.29) is 0 Å². The Bertz CT molecular complexity index is 755. The third-order valence-electron chi connectivity index (χ3n) is 3.40. The number of benzene rings is 1. The number of halogens is 1. The van der Waals surface area contributed by atoms with E-state index in [0.717, 1.165) is 27.6 Å². The molecule has 0 fully saturated rings. The summed E-state index contributed by atoms with van der Waals surface area (Å²) in [5.41, 5.74) is 6.72. The lowest BCUT2D eigenvalue weighted by Gasteiger charge is -2.04. The van der Waals surface area contributed by atoms with Crippen LogP contribution in [0.25, 0.3) is 16.9 Å². The van der Waals surface area contributed by atoms with Crippen LogP contribution < -0.4 is 0 Å². The molecule has 2 heterocycles. The Kier molecular flexibility index (Phi) is 2.83. The molecule has 0 aliphatic carbocycles. The zero-order valence-electron chi connectivity index (χ0n) is 11.2. The van der Waals surface area contributed by atoms with E-state index in [0.29, 0.717) is 0 Å². The van der Waals surface area contributed by atoms with E-state index in [1.807, 2.05) is 24.3 Å². The predicted molar refractivity (Wildman–Crippen MR) is 79.8 cm³/mol. The molecule has 0 N–H and O–H groups in total. The SMILES string of the molecule is Cc1cc(C)n2c(C)c(-c3ccc(Cl)cc3)nc2c1. The molecular weight excluding hydrogens is 256 g/mol. The molecule has 0 atom stereocenters. The second-order valence-electron chi connectivity index (χ2n) is 4.92. The van der Waals surface area contributed by atoms with Crippen molar-refractivity contribution in [2.24, 2.45) is 0 Å². The van der Waals surface area contributed by atoms with Crippen LogP contribution in [0.4, 0.5) is 0 Å². The van der Waals surface area contributed by atoms with Crippen molar-refractivity contribution >= 4 is 17.2 Å². The summed E-state index contributed by atoms with van der Waals surface area (Å²) in [4.78, 5) is 4.75. The molecule has 0 spiro atoms. The van der Waals surface area contributed by atoms with E-state index in [9.17, 15) is 0 Å². The normalized spacial score (nSPS) is 11.2. The third-order valence-corrected chi connectivity index (χ3v) is 3.65. The van der Waals surface area contributed by atoms with Crippen LogP contribution in [0, 0.1) is 20.8 Å². The molecule has 1 aromatic carbocycles. The number of aryl methyl sites for hydroxylation is 3. The summed E-state index contributed by atoms with van der Waals surface area (Å²) in [7, 11) is 0. The summed E-state index contributed by atoms with van der Waals surface area (Å²) < 4.78 is 2.19. The summed E-state index contributed by atoms with van der Waals surface area (Å²) in [6.07, 6.45) is 0. The molecule has 0 saturated heterocycles. The van der Waals surface area contributed by atoms with E-state index in [4.69, 9.17) is 16.6 Å². The predicted octanol–water partition coefficient (Wildman–Crippen LogP) is 4.58. The topological polar surface area (TPSA) is 17.3 Å². The molecule has 0 aliphatic heterocycles. The van der Waals surface area contributed by atoms with Crippen LogP contribution in [-0.2, 0) is 0 Å². The van der Waals surface area contributed by atoms with E-state index in [2.05, 4.69) is 37.3 Å². The van der Waals surface area contributed by atoms with Crippen molar-refractivity contribution in [3.05, 3.63) is 58.4 Å². The molecule has 3 rings (SSSR count). The Labute approximate surface area is 117 Å². The summed E-state index contributed by atoms with van der Waals surface area (Å²) >= 11 is 5.94. The Morgan fingerprint density at radius 1 is 1.00 bits per heavy atom. The first-order valence-corrected chi connectivity index (χ1v) is 6.66. The molecule has 0 aliphatic rings. The van der Waals surface area contributed by atoms with Gasteiger partial charge in [0.05, 0.1) is 5.69 Å².